The molecule has 37 heavy (non-hydrogen) atoms. The molecule has 3 aromatic rings. The molecule has 1 fully saturated rings. The van der Waals surface area contributed by atoms with Crippen LogP contribution in [0, 0.1) is 6.92 Å². The Morgan fingerprint density at radius 3 is 2.51 bits per heavy atom. The highest BCUT2D eigenvalue weighted by atomic mass is 35.5. The molecule has 0 N–H and O–H groups in total. The summed E-state index contributed by atoms with van der Waals surface area (Å²) in [6.45, 7) is 14.7. The predicted molar refractivity (Wildman–Crippen MR) is 146 cm³/mol. The van der Waals surface area contributed by atoms with Crippen LogP contribution in [0.25, 0.3) is 16.7 Å². The summed E-state index contributed by atoms with van der Waals surface area (Å²) in [5.74, 6) is 0.506. The summed E-state index contributed by atoms with van der Waals surface area (Å²) in [4.78, 5) is 43.6. The van der Waals surface area contributed by atoms with Gasteiger partial charge in [0.2, 0.25) is 0 Å². The number of rotatable bonds is 3. The summed E-state index contributed by atoms with van der Waals surface area (Å²) in [6, 6.07) is 3.40. The highest BCUT2D eigenvalue weighted by Crippen LogP contribution is 2.33. The highest BCUT2D eigenvalue weighted by molar-refractivity contribution is 6.41. The molecule has 0 radical (unpaired) electrons. The summed E-state index contributed by atoms with van der Waals surface area (Å²) in [5.41, 5.74) is 1.53. The zero-order chi connectivity index (χ0) is 27.2. The number of fused-ring (bicyclic) bond motifs is 1. The number of piperazine rings is 1. The second-order valence-corrected chi connectivity index (χ2v) is 11.4. The molecule has 198 valence electrons. The van der Waals surface area contributed by atoms with Crippen LogP contribution in [0.15, 0.2) is 23.1 Å². The highest BCUT2D eigenvalue weighted by Gasteiger charge is 2.32. The van der Waals surface area contributed by atoms with Gasteiger partial charge in [0.1, 0.15) is 16.6 Å². The number of pyridine rings is 2. The van der Waals surface area contributed by atoms with Gasteiger partial charge < -0.3 is 14.5 Å². The molecule has 1 atom stereocenters. The first kappa shape index (κ1) is 27.1. The average Bonchev–Trinajstić information content (AvgIpc) is 2.79. The molecule has 4 rings (SSSR count). The molecule has 4 heterocycles. The van der Waals surface area contributed by atoms with E-state index < -0.39 is 11.3 Å². The number of anilines is 1. The van der Waals surface area contributed by atoms with Gasteiger partial charge in [0.05, 0.1) is 21.8 Å². The second kappa shape index (κ2) is 10.1. The lowest BCUT2D eigenvalue weighted by Gasteiger charge is -2.41. The summed E-state index contributed by atoms with van der Waals surface area (Å²) >= 11 is 12.8. The van der Waals surface area contributed by atoms with Crippen LogP contribution in [0.3, 0.4) is 0 Å². The smallest absolute Gasteiger partial charge is 0.410 e. The van der Waals surface area contributed by atoms with Crippen molar-refractivity contribution in [1.29, 1.82) is 0 Å². The number of amides is 1. The zero-order valence-corrected chi connectivity index (χ0v) is 23.7. The molecular weight excluding hydrogens is 515 g/mol. The van der Waals surface area contributed by atoms with Gasteiger partial charge in [-0.3, -0.25) is 4.98 Å². The summed E-state index contributed by atoms with van der Waals surface area (Å²) in [6.07, 6.45) is 1.36. The van der Waals surface area contributed by atoms with Gasteiger partial charge in [-0.25, -0.2) is 19.1 Å². The molecule has 0 bridgehead atoms. The molecule has 0 saturated carbocycles. The maximum atomic E-state index is 13.7. The van der Waals surface area contributed by atoms with E-state index in [1.165, 1.54) is 4.57 Å². The Balaban J connectivity index is 1.85. The number of nitrogens with zero attached hydrogens (tertiary/aromatic N) is 6. The fourth-order valence-electron chi connectivity index (χ4n) is 4.55. The quantitative estimate of drug-likeness (QED) is 0.408. The van der Waals surface area contributed by atoms with Crippen LogP contribution in [0.2, 0.25) is 10.2 Å². The molecule has 1 saturated heterocycles. The van der Waals surface area contributed by atoms with Gasteiger partial charge in [0.25, 0.3) is 0 Å². The first-order valence-corrected chi connectivity index (χ1v) is 13.0. The molecule has 3 aromatic heterocycles. The molecular formula is C26H32Cl2N6O3. The number of hydrogen-bond donors (Lipinski definition) is 0. The molecule has 1 amide bonds. The lowest BCUT2D eigenvalue weighted by Crippen LogP contribution is -2.55. The van der Waals surface area contributed by atoms with E-state index >= 15 is 0 Å². The SMILES string of the molecule is Cc1ccnc(C(C)C)c1-n1c(=O)nc(N2CCN(C(=O)OC(C)(C)C)CC2C)c2cc(Cl)c(Cl)nc21. The topological polar surface area (TPSA) is 93.5 Å². The maximum absolute atomic E-state index is 13.7. The first-order chi connectivity index (χ1) is 17.3. The largest absolute Gasteiger partial charge is 0.444 e. The van der Waals surface area contributed by atoms with E-state index in [2.05, 4.69) is 15.0 Å². The van der Waals surface area contributed by atoms with Crippen LogP contribution in [0.1, 0.15) is 58.7 Å². The van der Waals surface area contributed by atoms with Crippen molar-refractivity contribution in [2.75, 3.05) is 24.5 Å². The number of ether oxygens (including phenoxy) is 1. The standard InChI is InChI=1S/C26H32Cl2N6O3/c1-14(2)19-20(15(3)8-9-29-19)34-23-17(12-18(27)21(28)30-23)22(31-24(34)35)33-11-10-32(13-16(33)4)25(36)37-26(5,6)7/h8-9,12,14,16H,10-11,13H2,1-7H3. The van der Waals surface area contributed by atoms with Crippen molar-refractivity contribution in [3.05, 3.63) is 50.2 Å². The molecule has 0 aromatic carbocycles. The number of carbonyl (C=O) groups is 1. The van der Waals surface area contributed by atoms with E-state index in [1.54, 1.807) is 17.2 Å². The van der Waals surface area contributed by atoms with Crippen molar-refractivity contribution in [3.8, 4) is 5.69 Å². The van der Waals surface area contributed by atoms with Gasteiger partial charge in [-0.05, 0) is 58.2 Å². The Hall–Kier alpha value is -2.91. The van der Waals surface area contributed by atoms with Crippen LogP contribution >= 0.6 is 23.2 Å². The van der Waals surface area contributed by atoms with E-state index in [9.17, 15) is 9.59 Å². The molecule has 1 aliphatic rings. The fraction of sp³-hybridized carbons (Fsp3) is 0.500. The molecule has 0 aliphatic carbocycles. The minimum atomic E-state index is -0.583. The Bertz CT molecular complexity index is 1420. The van der Waals surface area contributed by atoms with Gasteiger partial charge in [0, 0.05) is 31.9 Å². The number of halogens is 2. The lowest BCUT2D eigenvalue weighted by atomic mass is 10.0. The molecule has 9 nitrogen and oxygen atoms in total. The van der Waals surface area contributed by atoms with Gasteiger partial charge in [-0.15, -0.1) is 0 Å². The van der Waals surface area contributed by atoms with Crippen molar-refractivity contribution in [2.24, 2.45) is 0 Å². The zero-order valence-electron chi connectivity index (χ0n) is 22.2. The van der Waals surface area contributed by atoms with Crippen molar-refractivity contribution < 1.29 is 9.53 Å². The minimum absolute atomic E-state index is 0.0558. The average molecular weight is 547 g/mol. The van der Waals surface area contributed by atoms with Gasteiger partial charge in [-0.2, -0.15) is 4.98 Å². The van der Waals surface area contributed by atoms with Crippen LogP contribution in [-0.2, 0) is 4.74 Å². The number of aromatic nitrogens is 4. The Labute approximate surface area is 226 Å². The van der Waals surface area contributed by atoms with Crippen molar-refractivity contribution in [2.45, 2.75) is 66.0 Å². The van der Waals surface area contributed by atoms with Crippen molar-refractivity contribution in [3.63, 3.8) is 0 Å². The third-order valence-corrected chi connectivity index (χ3v) is 6.91. The second-order valence-electron chi connectivity index (χ2n) is 10.7. The summed E-state index contributed by atoms with van der Waals surface area (Å²) in [7, 11) is 0. The maximum Gasteiger partial charge on any atom is 0.410 e. The monoisotopic (exact) mass is 546 g/mol. The first-order valence-electron chi connectivity index (χ1n) is 12.3. The normalized spacial score (nSPS) is 16.5. The van der Waals surface area contributed by atoms with E-state index in [0.29, 0.717) is 42.2 Å². The van der Waals surface area contributed by atoms with E-state index in [0.717, 1.165) is 11.3 Å². The Morgan fingerprint density at radius 1 is 1.19 bits per heavy atom. The third-order valence-electron chi connectivity index (χ3n) is 6.23. The third kappa shape index (κ3) is 5.38. The van der Waals surface area contributed by atoms with Gasteiger partial charge in [0.15, 0.2) is 5.65 Å². The molecule has 0 spiro atoms. The Kier molecular flexibility index (Phi) is 7.41. The molecule has 11 heteroatoms. The van der Waals surface area contributed by atoms with Crippen LogP contribution < -0.4 is 10.6 Å². The van der Waals surface area contributed by atoms with E-state index in [-0.39, 0.29) is 28.2 Å². The number of hydrogen-bond acceptors (Lipinski definition) is 7. The number of aryl methyl sites for hydroxylation is 1. The van der Waals surface area contributed by atoms with Gasteiger partial charge >= 0.3 is 11.8 Å². The van der Waals surface area contributed by atoms with E-state index in [1.807, 2.05) is 59.4 Å². The van der Waals surface area contributed by atoms with Crippen LogP contribution in [-0.4, -0.2) is 61.8 Å². The van der Waals surface area contributed by atoms with Crippen LogP contribution in [0.5, 0.6) is 0 Å². The lowest BCUT2D eigenvalue weighted by molar-refractivity contribution is 0.0218. The Morgan fingerprint density at radius 2 is 1.89 bits per heavy atom. The van der Waals surface area contributed by atoms with Gasteiger partial charge in [-0.1, -0.05) is 37.0 Å². The van der Waals surface area contributed by atoms with E-state index in [4.69, 9.17) is 27.9 Å². The number of carbonyl (C=O) groups excluding carboxylic acids is 1. The van der Waals surface area contributed by atoms with Crippen molar-refractivity contribution >= 4 is 46.1 Å². The predicted octanol–water partition coefficient (Wildman–Crippen LogP) is 5.36. The minimum Gasteiger partial charge on any atom is -0.444 e. The fourth-order valence-corrected chi connectivity index (χ4v) is 4.84. The van der Waals surface area contributed by atoms with Crippen LogP contribution in [0.4, 0.5) is 10.6 Å². The molecule has 1 unspecified atom stereocenters. The molecule has 1 aliphatic heterocycles. The summed E-state index contributed by atoms with van der Waals surface area (Å²) in [5, 5.41) is 0.939. The van der Waals surface area contributed by atoms with Crippen molar-refractivity contribution in [1.82, 2.24) is 24.4 Å². The summed E-state index contributed by atoms with van der Waals surface area (Å²) < 4.78 is 7.02.